The van der Waals surface area contributed by atoms with E-state index in [4.69, 9.17) is 9.47 Å². The van der Waals surface area contributed by atoms with Crippen molar-refractivity contribution >= 4 is 17.5 Å². The molecule has 0 unspecified atom stereocenters. The van der Waals surface area contributed by atoms with Gasteiger partial charge in [-0.25, -0.2) is 0 Å². The zero-order valence-corrected chi connectivity index (χ0v) is 9.82. The molecule has 0 amide bonds. The van der Waals surface area contributed by atoms with Gasteiger partial charge in [0.25, 0.3) is 0 Å². The Morgan fingerprint density at radius 1 is 1.41 bits per heavy atom. The van der Waals surface area contributed by atoms with Crippen LogP contribution in [-0.4, -0.2) is 35.8 Å². The molecule has 0 aromatic carbocycles. The Hall–Kier alpha value is -1.23. The molecule has 5 heteroatoms. The van der Waals surface area contributed by atoms with Crippen molar-refractivity contribution in [3.05, 3.63) is 0 Å². The second kappa shape index (κ2) is 2.96. The van der Waals surface area contributed by atoms with Crippen molar-refractivity contribution in [3.8, 4) is 0 Å². The molecule has 0 aliphatic carbocycles. The number of Topliss-reactive ketones (excluding diaryl/α,β-unsaturated/α-hetero) is 2. The van der Waals surface area contributed by atoms with E-state index in [9.17, 15) is 14.4 Å². The number of rotatable bonds is 2. The number of esters is 1. The third-order valence-corrected chi connectivity index (χ3v) is 4.67. The van der Waals surface area contributed by atoms with Crippen LogP contribution in [0.3, 0.4) is 0 Å². The quantitative estimate of drug-likeness (QED) is 0.509. The molecule has 2 bridgehead atoms. The fourth-order valence-electron chi connectivity index (χ4n) is 3.65. The molecule has 92 valence electrons. The predicted molar refractivity (Wildman–Crippen MR) is 55.1 cm³/mol. The summed E-state index contributed by atoms with van der Waals surface area (Å²) in [5.41, 5.74) is -2.24. The fourth-order valence-corrected chi connectivity index (χ4v) is 3.65. The lowest BCUT2D eigenvalue weighted by molar-refractivity contribution is -0.166. The van der Waals surface area contributed by atoms with E-state index in [1.54, 1.807) is 6.92 Å². The van der Waals surface area contributed by atoms with Gasteiger partial charge in [0.1, 0.15) is 5.41 Å². The van der Waals surface area contributed by atoms with Crippen LogP contribution < -0.4 is 0 Å². The standard InChI is InChI=1S/C12H14O5/c1-6(13)9(14)12-4-3-8(17-12)7-5-16-10(15)11(7,12)2/h7-8H,3-5H2,1-2H3/t7-,8+,11+,12+/m0/s1. The highest BCUT2D eigenvalue weighted by molar-refractivity contribution is 6.40. The van der Waals surface area contributed by atoms with Crippen LogP contribution in [0.1, 0.15) is 26.7 Å². The summed E-state index contributed by atoms with van der Waals surface area (Å²) in [5.74, 6) is -1.62. The Bertz CT molecular complexity index is 442. The first-order chi connectivity index (χ1) is 7.93. The molecule has 3 aliphatic rings. The van der Waals surface area contributed by atoms with E-state index in [1.807, 2.05) is 0 Å². The summed E-state index contributed by atoms with van der Waals surface area (Å²) >= 11 is 0. The van der Waals surface area contributed by atoms with E-state index in [0.717, 1.165) is 6.42 Å². The SMILES string of the molecule is CC(=O)C(=O)[C@@]12CC[C@@H](O1)[C@@H]1COC(=O)[C@@]12C. The minimum Gasteiger partial charge on any atom is -0.465 e. The van der Waals surface area contributed by atoms with Crippen LogP contribution in [0.5, 0.6) is 0 Å². The molecule has 3 saturated heterocycles. The summed E-state index contributed by atoms with van der Waals surface area (Å²) in [7, 11) is 0. The molecule has 5 nitrogen and oxygen atoms in total. The van der Waals surface area contributed by atoms with Crippen molar-refractivity contribution in [2.45, 2.75) is 38.4 Å². The molecule has 3 heterocycles. The molecule has 0 radical (unpaired) electrons. The van der Waals surface area contributed by atoms with E-state index >= 15 is 0 Å². The average molecular weight is 238 g/mol. The molecule has 3 aliphatic heterocycles. The van der Waals surface area contributed by atoms with Crippen LogP contribution in [0.15, 0.2) is 0 Å². The number of carbonyl (C=O) groups excluding carboxylic acids is 3. The summed E-state index contributed by atoms with van der Waals surface area (Å²) in [6, 6.07) is 0. The molecule has 3 fully saturated rings. The Labute approximate surface area is 98.4 Å². The van der Waals surface area contributed by atoms with Crippen molar-refractivity contribution in [1.82, 2.24) is 0 Å². The minimum atomic E-state index is -1.26. The van der Waals surface area contributed by atoms with E-state index in [1.165, 1.54) is 6.92 Å². The van der Waals surface area contributed by atoms with Crippen LogP contribution >= 0.6 is 0 Å². The Morgan fingerprint density at radius 3 is 2.76 bits per heavy atom. The monoisotopic (exact) mass is 238 g/mol. The first-order valence-corrected chi connectivity index (χ1v) is 5.84. The van der Waals surface area contributed by atoms with Gasteiger partial charge in [-0.05, 0) is 19.8 Å². The summed E-state index contributed by atoms with van der Waals surface area (Å²) in [4.78, 5) is 35.4. The van der Waals surface area contributed by atoms with Crippen molar-refractivity contribution in [1.29, 1.82) is 0 Å². The highest BCUT2D eigenvalue weighted by Crippen LogP contribution is 2.62. The van der Waals surface area contributed by atoms with Crippen molar-refractivity contribution in [2.24, 2.45) is 11.3 Å². The Balaban J connectivity index is 2.13. The van der Waals surface area contributed by atoms with Gasteiger partial charge in [-0.1, -0.05) is 0 Å². The maximum atomic E-state index is 12.1. The number of ether oxygens (including phenoxy) is 2. The first-order valence-electron chi connectivity index (χ1n) is 5.84. The number of ketones is 2. The number of hydrogen-bond acceptors (Lipinski definition) is 5. The molecule has 3 rings (SSSR count). The van der Waals surface area contributed by atoms with E-state index < -0.39 is 28.6 Å². The van der Waals surface area contributed by atoms with Gasteiger partial charge in [-0.3, -0.25) is 14.4 Å². The normalized spacial score (nSPS) is 46.8. The van der Waals surface area contributed by atoms with Crippen molar-refractivity contribution in [2.75, 3.05) is 6.61 Å². The van der Waals surface area contributed by atoms with Crippen LogP contribution in [0.2, 0.25) is 0 Å². The smallest absolute Gasteiger partial charge is 0.315 e. The Morgan fingerprint density at radius 2 is 2.12 bits per heavy atom. The largest absolute Gasteiger partial charge is 0.465 e. The molecule has 0 aromatic rings. The number of fused-ring (bicyclic) bond motifs is 5. The summed E-state index contributed by atoms with van der Waals surface area (Å²) in [5, 5.41) is 0. The Kier molecular flexibility index (Phi) is 1.90. The van der Waals surface area contributed by atoms with Crippen LogP contribution in [-0.2, 0) is 23.9 Å². The predicted octanol–water partition coefficient (Wildman–Crippen LogP) is 0.255. The number of hydrogen-bond donors (Lipinski definition) is 0. The summed E-state index contributed by atoms with van der Waals surface area (Å²) in [6.07, 6.45) is 1.03. The van der Waals surface area contributed by atoms with Gasteiger partial charge in [0, 0.05) is 12.8 Å². The molecule has 0 N–H and O–H groups in total. The van der Waals surface area contributed by atoms with E-state index in [2.05, 4.69) is 0 Å². The van der Waals surface area contributed by atoms with Crippen molar-refractivity contribution < 1.29 is 23.9 Å². The van der Waals surface area contributed by atoms with Crippen molar-refractivity contribution in [3.63, 3.8) is 0 Å². The highest BCUT2D eigenvalue weighted by Gasteiger charge is 2.76. The second-order valence-electron chi connectivity index (χ2n) is 5.31. The van der Waals surface area contributed by atoms with Gasteiger partial charge < -0.3 is 9.47 Å². The zero-order chi connectivity index (χ0) is 12.4. The van der Waals surface area contributed by atoms with Gasteiger partial charge >= 0.3 is 5.97 Å². The second-order valence-corrected chi connectivity index (χ2v) is 5.31. The lowest BCUT2D eigenvalue weighted by Gasteiger charge is -2.36. The summed E-state index contributed by atoms with van der Waals surface area (Å²) in [6.45, 7) is 3.23. The summed E-state index contributed by atoms with van der Waals surface area (Å²) < 4.78 is 10.8. The zero-order valence-electron chi connectivity index (χ0n) is 9.82. The lowest BCUT2D eigenvalue weighted by Crippen LogP contribution is -2.56. The third-order valence-electron chi connectivity index (χ3n) is 4.67. The molecule has 0 spiro atoms. The number of cyclic esters (lactones) is 1. The van der Waals surface area contributed by atoms with Gasteiger partial charge in [0.2, 0.25) is 5.78 Å². The van der Waals surface area contributed by atoms with E-state index in [0.29, 0.717) is 13.0 Å². The van der Waals surface area contributed by atoms with Gasteiger partial charge in [0.15, 0.2) is 11.4 Å². The van der Waals surface area contributed by atoms with Gasteiger partial charge in [-0.2, -0.15) is 0 Å². The topological polar surface area (TPSA) is 69.7 Å². The maximum Gasteiger partial charge on any atom is 0.315 e. The molecular weight excluding hydrogens is 224 g/mol. The molecule has 17 heavy (non-hydrogen) atoms. The molecule has 0 aromatic heterocycles. The van der Waals surface area contributed by atoms with Gasteiger partial charge in [-0.15, -0.1) is 0 Å². The molecule has 4 atom stereocenters. The first kappa shape index (κ1) is 10.9. The average Bonchev–Trinajstić information content (AvgIpc) is 2.89. The van der Waals surface area contributed by atoms with Crippen LogP contribution in [0.4, 0.5) is 0 Å². The fraction of sp³-hybridized carbons (Fsp3) is 0.750. The van der Waals surface area contributed by atoms with Crippen LogP contribution in [0.25, 0.3) is 0 Å². The van der Waals surface area contributed by atoms with Gasteiger partial charge in [0.05, 0.1) is 12.7 Å². The third kappa shape index (κ3) is 0.972. The van der Waals surface area contributed by atoms with E-state index in [-0.39, 0.29) is 12.0 Å². The number of carbonyl (C=O) groups is 3. The minimum absolute atomic E-state index is 0.0907. The highest BCUT2D eigenvalue weighted by atomic mass is 16.6. The maximum absolute atomic E-state index is 12.1. The molecular formula is C12H14O5. The molecule has 0 saturated carbocycles. The van der Waals surface area contributed by atoms with Crippen LogP contribution in [0, 0.1) is 11.3 Å². The lowest BCUT2D eigenvalue weighted by atomic mass is 9.60.